The molecule has 2 atom stereocenters. The van der Waals surface area contributed by atoms with E-state index in [0.29, 0.717) is 19.5 Å². The van der Waals surface area contributed by atoms with E-state index in [2.05, 4.69) is 12.6 Å². The second-order valence-corrected chi connectivity index (χ2v) is 6.32. The summed E-state index contributed by atoms with van der Waals surface area (Å²) in [7, 11) is 1.27. The molecular weight excluding hydrogens is 345 g/mol. The van der Waals surface area contributed by atoms with Crippen LogP contribution in [-0.2, 0) is 19.1 Å². The van der Waals surface area contributed by atoms with Gasteiger partial charge in [-0.15, -0.1) is 0 Å². The molecule has 136 valence electrons. The molecule has 1 fully saturated rings. The summed E-state index contributed by atoms with van der Waals surface area (Å²) in [6.45, 7) is 2.85. The molecule has 1 aromatic carbocycles. The summed E-state index contributed by atoms with van der Waals surface area (Å²) in [6, 6.07) is 5.25. The van der Waals surface area contributed by atoms with Gasteiger partial charge < -0.3 is 9.47 Å². The average Bonchev–Trinajstić information content (AvgIpc) is 2.59. The van der Waals surface area contributed by atoms with E-state index in [0.717, 1.165) is 5.57 Å². The zero-order valence-corrected chi connectivity index (χ0v) is 15.2. The van der Waals surface area contributed by atoms with Gasteiger partial charge in [-0.2, -0.15) is 12.6 Å². The van der Waals surface area contributed by atoms with Crippen LogP contribution < -0.4 is 0 Å². The van der Waals surface area contributed by atoms with Crippen LogP contribution in [0.15, 0.2) is 35.9 Å². The quantitative estimate of drug-likeness (QED) is 0.492. The first-order valence-corrected chi connectivity index (χ1v) is 8.61. The summed E-state index contributed by atoms with van der Waals surface area (Å²) in [4.78, 5) is 25.9. The Morgan fingerprint density at radius 3 is 2.80 bits per heavy atom. The molecule has 1 saturated heterocycles. The van der Waals surface area contributed by atoms with Gasteiger partial charge in [0.2, 0.25) is 0 Å². The van der Waals surface area contributed by atoms with Gasteiger partial charge in [0.25, 0.3) is 0 Å². The van der Waals surface area contributed by atoms with E-state index in [9.17, 15) is 14.0 Å². The molecule has 1 heterocycles. The number of ether oxygens (including phenoxy) is 2. The molecule has 0 saturated carbocycles. The van der Waals surface area contributed by atoms with Gasteiger partial charge in [0.15, 0.2) is 0 Å². The number of esters is 2. The number of likely N-dealkylation sites (tertiary alicyclic amines) is 1. The Balaban J connectivity index is 2.30. The summed E-state index contributed by atoms with van der Waals surface area (Å²) in [5.74, 6) is -1.46. The maximum Gasteiger partial charge on any atom is 0.330 e. The molecule has 2 rings (SSSR count). The molecule has 0 spiro atoms. The highest BCUT2D eigenvalue weighted by Gasteiger charge is 2.34. The molecule has 0 aliphatic carbocycles. The van der Waals surface area contributed by atoms with E-state index < -0.39 is 23.8 Å². The molecule has 2 unspecified atom stereocenters. The Hall–Kier alpha value is -1.86. The van der Waals surface area contributed by atoms with Crippen molar-refractivity contribution in [2.45, 2.75) is 24.6 Å². The Bertz CT molecular complexity index is 664. The van der Waals surface area contributed by atoms with Crippen molar-refractivity contribution in [3.63, 3.8) is 0 Å². The van der Waals surface area contributed by atoms with E-state index in [1.807, 2.05) is 0 Å². The highest BCUT2D eigenvalue weighted by Crippen LogP contribution is 2.31. The van der Waals surface area contributed by atoms with Crippen molar-refractivity contribution in [3.05, 3.63) is 47.3 Å². The number of piperidine rings is 1. The zero-order valence-electron chi connectivity index (χ0n) is 14.3. The fourth-order valence-corrected chi connectivity index (χ4v) is 3.14. The van der Waals surface area contributed by atoms with Gasteiger partial charge in [-0.25, -0.2) is 14.0 Å². The van der Waals surface area contributed by atoms with Crippen molar-refractivity contribution < 1.29 is 23.5 Å². The number of hydrogen-bond acceptors (Lipinski definition) is 6. The zero-order chi connectivity index (χ0) is 18.4. The lowest BCUT2D eigenvalue weighted by Crippen LogP contribution is -2.42. The molecule has 1 aliphatic heterocycles. The molecule has 0 radical (unpaired) electrons. The van der Waals surface area contributed by atoms with Crippen LogP contribution in [0.3, 0.4) is 0 Å². The van der Waals surface area contributed by atoms with E-state index in [1.54, 1.807) is 30.0 Å². The van der Waals surface area contributed by atoms with Gasteiger partial charge in [-0.05, 0) is 25.0 Å². The molecule has 5 nitrogen and oxygen atoms in total. The molecular formula is C18H22FNO4S. The van der Waals surface area contributed by atoms with Crippen molar-refractivity contribution in [3.8, 4) is 0 Å². The molecule has 25 heavy (non-hydrogen) atoms. The van der Waals surface area contributed by atoms with Crippen LogP contribution in [0.25, 0.3) is 0 Å². The Morgan fingerprint density at radius 2 is 2.16 bits per heavy atom. The van der Waals surface area contributed by atoms with Crippen LogP contribution in [0.2, 0.25) is 0 Å². The predicted molar refractivity (Wildman–Crippen MR) is 94.8 cm³/mol. The number of methoxy groups -OCH3 is 1. The number of thiol groups is 1. The lowest BCUT2D eigenvalue weighted by atomic mass is 9.98. The summed E-state index contributed by atoms with van der Waals surface area (Å²) in [5, 5.41) is -0.112. The highest BCUT2D eigenvalue weighted by atomic mass is 32.1. The summed E-state index contributed by atoms with van der Waals surface area (Å²) in [5.41, 5.74) is 0.987. The normalized spacial score (nSPS) is 21.0. The van der Waals surface area contributed by atoms with Gasteiger partial charge in [0.1, 0.15) is 11.9 Å². The van der Waals surface area contributed by atoms with Crippen LogP contribution in [0.4, 0.5) is 4.39 Å². The summed E-state index contributed by atoms with van der Waals surface area (Å²) >= 11 is 4.50. The molecule has 0 N–H and O–H groups in total. The summed E-state index contributed by atoms with van der Waals surface area (Å²) < 4.78 is 24.1. The second-order valence-electron chi connectivity index (χ2n) is 5.69. The maximum absolute atomic E-state index is 14.2. The predicted octanol–water partition coefficient (Wildman–Crippen LogP) is 2.53. The first-order chi connectivity index (χ1) is 12.0. The number of benzene rings is 1. The number of halogens is 1. The van der Waals surface area contributed by atoms with E-state index >= 15 is 0 Å². The molecule has 1 aromatic rings. The number of carbonyl (C=O) groups is 2. The number of rotatable bonds is 5. The third-order valence-corrected chi connectivity index (χ3v) is 4.67. The Morgan fingerprint density at radius 1 is 1.44 bits per heavy atom. The summed E-state index contributed by atoms with van der Waals surface area (Å²) in [6.07, 6.45) is 2.03. The van der Waals surface area contributed by atoms with E-state index in [-0.39, 0.29) is 17.4 Å². The maximum atomic E-state index is 14.2. The number of hydrogen-bond donors (Lipinski definition) is 1. The minimum atomic E-state index is -0.877. The average molecular weight is 367 g/mol. The van der Waals surface area contributed by atoms with Crippen molar-refractivity contribution in [2.75, 3.05) is 26.8 Å². The molecule has 0 bridgehead atoms. The van der Waals surface area contributed by atoms with Crippen LogP contribution in [-0.4, -0.2) is 48.9 Å². The van der Waals surface area contributed by atoms with Crippen molar-refractivity contribution >= 4 is 24.6 Å². The smallest absolute Gasteiger partial charge is 0.330 e. The SMILES string of the molecule is CCOC(=O)C=C1CN(C(C(=O)OC)c2ccccc2F)CCC1S. The van der Waals surface area contributed by atoms with Crippen molar-refractivity contribution in [1.82, 2.24) is 4.90 Å². The second kappa shape index (κ2) is 9.01. The first-order valence-electron chi connectivity index (χ1n) is 8.09. The molecule has 0 amide bonds. The minimum absolute atomic E-state index is 0.112. The third kappa shape index (κ3) is 4.83. The molecule has 0 aromatic heterocycles. The van der Waals surface area contributed by atoms with Crippen LogP contribution in [0, 0.1) is 5.82 Å². The Labute approximate surface area is 152 Å². The van der Waals surface area contributed by atoms with Crippen LogP contribution >= 0.6 is 12.6 Å². The number of nitrogens with zero attached hydrogens (tertiary/aromatic N) is 1. The highest BCUT2D eigenvalue weighted by molar-refractivity contribution is 7.81. The fraction of sp³-hybridized carbons (Fsp3) is 0.444. The van der Waals surface area contributed by atoms with Gasteiger partial charge in [-0.1, -0.05) is 18.2 Å². The first kappa shape index (κ1) is 19.5. The largest absolute Gasteiger partial charge is 0.468 e. The minimum Gasteiger partial charge on any atom is -0.468 e. The lowest BCUT2D eigenvalue weighted by molar-refractivity contribution is -0.147. The van der Waals surface area contributed by atoms with Crippen molar-refractivity contribution in [2.24, 2.45) is 0 Å². The molecule has 1 aliphatic rings. The third-order valence-electron chi connectivity index (χ3n) is 4.08. The van der Waals surface area contributed by atoms with Crippen molar-refractivity contribution in [1.29, 1.82) is 0 Å². The molecule has 7 heteroatoms. The topological polar surface area (TPSA) is 55.8 Å². The van der Waals surface area contributed by atoms with Gasteiger partial charge in [-0.3, -0.25) is 4.90 Å². The van der Waals surface area contributed by atoms with E-state index in [4.69, 9.17) is 9.47 Å². The Kier molecular flexibility index (Phi) is 7.01. The standard InChI is InChI=1S/C18H22FNO4S/c1-3-24-16(21)10-12-11-20(9-8-15(12)25)17(18(22)23-2)13-6-4-5-7-14(13)19/h4-7,10,15,17,25H,3,8-9,11H2,1-2H3. The van der Waals surface area contributed by atoms with Crippen LogP contribution in [0.5, 0.6) is 0 Å². The van der Waals surface area contributed by atoms with Gasteiger partial charge in [0.05, 0.1) is 13.7 Å². The fourth-order valence-electron chi connectivity index (χ4n) is 2.87. The number of carbonyl (C=O) groups excluding carboxylic acids is 2. The monoisotopic (exact) mass is 367 g/mol. The van der Waals surface area contributed by atoms with Crippen LogP contribution in [0.1, 0.15) is 24.9 Å². The van der Waals surface area contributed by atoms with Gasteiger partial charge >= 0.3 is 11.9 Å². The lowest BCUT2D eigenvalue weighted by Gasteiger charge is -2.36. The van der Waals surface area contributed by atoms with E-state index in [1.165, 1.54) is 19.3 Å². The van der Waals surface area contributed by atoms with Gasteiger partial charge in [0, 0.05) is 30.0 Å².